The lowest BCUT2D eigenvalue weighted by atomic mass is 9.78. The first-order valence-corrected chi connectivity index (χ1v) is 7.77. The van der Waals surface area contributed by atoms with Gasteiger partial charge in [0.05, 0.1) is 24.3 Å². The predicted octanol–water partition coefficient (Wildman–Crippen LogP) is 2.25. The van der Waals surface area contributed by atoms with Crippen molar-refractivity contribution in [3.05, 3.63) is 24.2 Å². The molecule has 0 amide bonds. The van der Waals surface area contributed by atoms with Gasteiger partial charge >= 0.3 is 5.97 Å². The van der Waals surface area contributed by atoms with Crippen LogP contribution in [0.4, 0.5) is 0 Å². The van der Waals surface area contributed by atoms with Crippen LogP contribution in [-0.2, 0) is 11.3 Å². The lowest BCUT2D eigenvalue weighted by Gasteiger charge is -2.38. The van der Waals surface area contributed by atoms with Crippen molar-refractivity contribution < 1.29 is 19.4 Å². The Bertz CT molecular complexity index is 472. The van der Waals surface area contributed by atoms with E-state index in [0.29, 0.717) is 38.3 Å². The Labute approximate surface area is 124 Å². The van der Waals surface area contributed by atoms with Gasteiger partial charge in [0.25, 0.3) is 0 Å². The molecule has 2 fully saturated rings. The van der Waals surface area contributed by atoms with Crippen molar-refractivity contribution in [2.45, 2.75) is 56.7 Å². The van der Waals surface area contributed by atoms with Gasteiger partial charge in [0.1, 0.15) is 5.76 Å². The summed E-state index contributed by atoms with van der Waals surface area (Å²) in [7, 11) is 0. The van der Waals surface area contributed by atoms with Crippen LogP contribution in [-0.4, -0.2) is 39.3 Å². The number of rotatable bonds is 6. The van der Waals surface area contributed by atoms with E-state index >= 15 is 0 Å². The van der Waals surface area contributed by atoms with E-state index in [1.807, 2.05) is 12.1 Å². The first-order valence-electron chi connectivity index (χ1n) is 7.77. The summed E-state index contributed by atoms with van der Waals surface area (Å²) in [5.41, 5.74) is -0.749. The highest BCUT2D eigenvalue weighted by molar-refractivity contribution is 5.70. The van der Waals surface area contributed by atoms with Crippen LogP contribution in [0.25, 0.3) is 0 Å². The molecule has 3 rings (SSSR count). The van der Waals surface area contributed by atoms with Crippen LogP contribution in [0.3, 0.4) is 0 Å². The van der Waals surface area contributed by atoms with Crippen molar-refractivity contribution in [1.29, 1.82) is 0 Å². The third-order valence-corrected chi connectivity index (χ3v) is 4.77. The number of aliphatic hydroxyl groups is 1. The fraction of sp³-hybridized carbons (Fsp3) is 0.688. The third kappa shape index (κ3) is 3.66. The molecular weight excluding hydrogens is 270 g/mol. The number of carboxylic acids is 1. The molecule has 0 spiro atoms. The van der Waals surface area contributed by atoms with E-state index in [1.54, 1.807) is 6.26 Å². The molecule has 0 aromatic carbocycles. The van der Waals surface area contributed by atoms with Gasteiger partial charge in [-0.25, -0.2) is 0 Å². The van der Waals surface area contributed by atoms with Crippen LogP contribution in [0.1, 0.15) is 44.3 Å². The molecule has 0 bridgehead atoms. The van der Waals surface area contributed by atoms with E-state index in [2.05, 4.69) is 4.90 Å². The number of aliphatic carboxylic acids is 1. The van der Waals surface area contributed by atoms with Gasteiger partial charge in [0, 0.05) is 12.6 Å². The largest absolute Gasteiger partial charge is 0.481 e. The average Bonchev–Trinajstić information content (AvgIpc) is 3.17. The molecule has 21 heavy (non-hydrogen) atoms. The first-order chi connectivity index (χ1) is 10.1. The Balaban J connectivity index is 1.59. The highest BCUT2D eigenvalue weighted by atomic mass is 16.4. The monoisotopic (exact) mass is 293 g/mol. The lowest BCUT2D eigenvalue weighted by Crippen LogP contribution is -2.46. The van der Waals surface area contributed by atoms with Crippen molar-refractivity contribution >= 4 is 5.97 Å². The van der Waals surface area contributed by atoms with Crippen LogP contribution in [0, 0.1) is 5.92 Å². The Kier molecular flexibility index (Phi) is 4.04. The van der Waals surface area contributed by atoms with Gasteiger partial charge in [0.2, 0.25) is 0 Å². The third-order valence-electron chi connectivity index (χ3n) is 4.77. The maximum absolute atomic E-state index is 11.0. The van der Waals surface area contributed by atoms with Gasteiger partial charge in [-0.05, 0) is 50.7 Å². The second-order valence-electron chi connectivity index (χ2n) is 6.55. The molecule has 5 heteroatoms. The molecule has 0 unspecified atom stereocenters. The molecule has 2 N–H and O–H groups in total. The van der Waals surface area contributed by atoms with Crippen molar-refractivity contribution in [2.75, 3.05) is 6.54 Å². The van der Waals surface area contributed by atoms with E-state index in [4.69, 9.17) is 9.52 Å². The number of furan rings is 1. The number of nitrogens with zero attached hydrogens (tertiary/aromatic N) is 1. The zero-order chi connectivity index (χ0) is 14.9. The first kappa shape index (κ1) is 14.6. The van der Waals surface area contributed by atoms with Crippen molar-refractivity contribution in [3.63, 3.8) is 0 Å². The van der Waals surface area contributed by atoms with E-state index in [0.717, 1.165) is 12.3 Å². The topological polar surface area (TPSA) is 73.9 Å². The predicted molar refractivity (Wildman–Crippen MR) is 76.7 cm³/mol. The highest BCUT2D eigenvalue weighted by Gasteiger charge is 2.40. The molecule has 2 aliphatic rings. The van der Waals surface area contributed by atoms with E-state index < -0.39 is 11.6 Å². The van der Waals surface area contributed by atoms with Crippen LogP contribution in [0.2, 0.25) is 0 Å². The van der Waals surface area contributed by atoms with Gasteiger partial charge in [-0.2, -0.15) is 0 Å². The van der Waals surface area contributed by atoms with Crippen LogP contribution in [0.15, 0.2) is 22.8 Å². The minimum atomic E-state index is -0.749. The fourth-order valence-corrected chi connectivity index (χ4v) is 3.29. The Hall–Kier alpha value is -1.33. The smallest absolute Gasteiger partial charge is 0.306 e. The van der Waals surface area contributed by atoms with Gasteiger partial charge in [0.15, 0.2) is 0 Å². The normalized spacial score (nSPS) is 29.7. The molecule has 1 aromatic heterocycles. The number of carbonyl (C=O) groups is 1. The Morgan fingerprint density at radius 3 is 2.57 bits per heavy atom. The Morgan fingerprint density at radius 1 is 1.33 bits per heavy atom. The zero-order valence-electron chi connectivity index (χ0n) is 12.2. The van der Waals surface area contributed by atoms with Gasteiger partial charge in [-0.1, -0.05) is 0 Å². The second-order valence-corrected chi connectivity index (χ2v) is 6.55. The number of hydrogen-bond donors (Lipinski definition) is 2. The van der Waals surface area contributed by atoms with E-state index in [-0.39, 0.29) is 5.92 Å². The molecule has 0 aliphatic heterocycles. The van der Waals surface area contributed by atoms with Crippen LogP contribution < -0.4 is 0 Å². The summed E-state index contributed by atoms with van der Waals surface area (Å²) in [4.78, 5) is 13.3. The number of carboxylic acid groups (broad SMARTS) is 1. The molecule has 1 heterocycles. The van der Waals surface area contributed by atoms with Crippen LogP contribution in [0.5, 0.6) is 0 Å². The minimum absolute atomic E-state index is 0.287. The second kappa shape index (κ2) is 5.81. The molecule has 0 radical (unpaired) electrons. The molecule has 1 aromatic rings. The summed E-state index contributed by atoms with van der Waals surface area (Å²) in [5.74, 6) is -0.0962. The standard InChI is InChI=1S/C16H23NO4/c18-15(19)12-5-7-16(20,8-6-12)11-17(13-3-4-13)10-14-2-1-9-21-14/h1-2,9,12-13,20H,3-8,10-11H2,(H,18,19). The van der Waals surface area contributed by atoms with Gasteiger partial charge < -0.3 is 14.6 Å². The summed E-state index contributed by atoms with van der Waals surface area (Å²) in [6.07, 6.45) is 6.32. The quantitative estimate of drug-likeness (QED) is 0.841. The molecule has 2 aliphatic carbocycles. The van der Waals surface area contributed by atoms with E-state index in [9.17, 15) is 9.90 Å². The molecule has 5 nitrogen and oxygen atoms in total. The van der Waals surface area contributed by atoms with Crippen LogP contribution >= 0.6 is 0 Å². The summed E-state index contributed by atoms with van der Waals surface area (Å²) in [6, 6.07) is 4.38. The van der Waals surface area contributed by atoms with Crippen molar-refractivity contribution in [3.8, 4) is 0 Å². The van der Waals surface area contributed by atoms with Gasteiger partial charge in [-0.3, -0.25) is 9.69 Å². The molecule has 0 atom stereocenters. The molecule has 0 saturated heterocycles. The summed E-state index contributed by atoms with van der Waals surface area (Å²) in [6.45, 7) is 1.34. The van der Waals surface area contributed by atoms with Gasteiger partial charge in [-0.15, -0.1) is 0 Å². The lowest BCUT2D eigenvalue weighted by molar-refractivity contribution is -0.145. The van der Waals surface area contributed by atoms with Crippen molar-refractivity contribution in [2.24, 2.45) is 5.92 Å². The van der Waals surface area contributed by atoms with E-state index in [1.165, 1.54) is 12.8 Å². The zero-order valence-corrected chi connectivity index (χ0v) is 12.2. The fourth-order valence-electron chi connectivity index (χ4n) is 3.29. The molecule has 2 saturated carbocycles. The number of hydrogen-bond acceptors (Lipinski definition) is 4. The maximum atomic E-state index is 11.0. The summed E-state index contributed by atoms with van der Waals surface area (Å²) in [5, 5.41) is 19.8. The minimum Gasteiger partial charge on any atom is -0.481 e. The molecule has 116 valence electrons. The summed E-state index contributed by atoms with van der Waals surface area (Å²) >= 11 is 0. The molecular formula is C16H23NO4. The maximum Gasteiger partial charge on any atom is 0.306 e. The van der Waals surface area contributed by atoms with Crippen molar-refractivity contribution in [1.82, 2.24) is 4.90 Å². The highest BCUT2D eigenvalue weighted by Crippen LogP contribution is 2.36. The Morgan fingerprint density at radius 2 is 2.05 bits per heavy atom. The SMILES string of the molecule is O=C(O)C1CCC(O)(CN(Cc2ccco2)C2CC2)CC1. The average molecular weight is 293 g/mol. The summed E-state index contributed by atoms with van der Waals surface area (Å²) < 4.78 is 5.41.